The second-order valence-corrected chi connectivity index (χ2v) is 6.43. The molecule has 1 aliphatic rings. The highest BCUT2D eigenvalue weighted by Crippen LogP contribution is 2.33. The highest BCUT2D eigenvalue weighted by molar-refractivity contribution is 7.74. The van der Waals surface area contributed by atoms with Gasteiger partial charge in [-0.15, -0.1) is 5.11 Å². The zero-order chi connectivity index (χ0) is 17.1. The molecule has 2 aromatic carbocycles. The van der Waals surface area contributed by atoms with Crippen LogP contribution in [0.3, 0.4) is 0 Å². The van der Waals surface area contributed by atoms with Crippen LogP contribution in [0.15, 0.2) is 40.6 Å². The summed E-state index contributed by atoms with van der Waals surface area (Å²) >= 11 is -2.39. The van der Waals surface area contributed by atoms with Crippen molar-refractivity contribution in [3.63, 3.8) is 0 Å². The Bertz CT molecular complexity index is 821. The molecule has 126 valence electrons. The van der Waals surface area contributed by atoms with E-state index in [0.717, 1.165) is 18.5 Å². The van der Waals surface area contributed by atoms with Gasteiger partial charge in [0.05, 0.1) is 11.4 Å². The van der Waals surface area contributed by atoms with E-state index in [1.165, 1.54) is 30.0 Å². The van der Waals surface area contributed by atoms with Crippen LogP contribution in [-0.4, -0.2) is 8.76 Å². The second-order valence-electron chi connectivity index (χ2n) is 5.83. The predicted molar refractivity (Wildman–Crippen MR) is 94.3 cm³/mol. The summed E-state index contributed by atoms with van der Waals surface area (Å²) in [5, 5.41) is 8.45. The van der Waals surface area contributed by atoms with Gasteiger partial charge in [0.2, 0.25) is 0 Å². The van der Waals surface area contributed by atoms with Crippen LogP contribution in [0.1, 0.15) is 29.5 Å². The van der Waals surface area contributed by atoms with Crippen molar-refractivity contribution in [2.45, 2.75) is 32.6 Å². The standard InChI is InChI=1S/C17H19N3O3S/c1-11-8-15(23-24(21)22)10-16(17(11)18)20-19-14-7-6-12-4-2-3-5-13(12)9-14/h6-10H,2-5,18H2,1H3,(H,21,22). The van der Waals surface area contributed by atoms with Crippen LogP contribution in [0.4, 0.5) is 17.1 Å². The molecule has 3 N–H and O–H groups in total. The van der Waals surface area contributed by atoms with Crippen LogP contribution >= 0.6 is 0 Å². The van der Waals surface area contributed by atoms with Gasteiger partial charge in [-0.2, -0.15) is 9.32 Å². The lowest BCUT2D eigenvalue weighted by Gasteiger charge is -2.15. The molecule has 0 fully saturated rings. The van der Waals surface area contributed by atoms with Crippen molar-refractivity contribution in [2.75, 3.05) is 5.73 Å². The fraction of sp³-hybridized carbons (Fsp3) is 0.294. The van der Waals surface area contributed by atoms with Crippen LogP contribution in [0.25, 0.3) is 0 Å². The molecule has 0 spiro atoms. The minimum absolute atomic E-state index is 0.224. The van der Waals surface area contributed by atoms with Gasteiger partial charge in [0.25, 0.3) is 0 Å². The van der Waals surface area contributed by atoms with E-state index in [0.29, 0.717) is 16.9 Å². The Hall–Kier alpha value is -2.25. The largest absolute Gasteiger partial charge is 0.397 e. The molecule has 0 bridgehead atoms. The molecule has 0 aliphatic heterocycles. The molecular formula is C17H19N3O3S. The van der Waals surface area contributed by atoms with Crippen LogP contribution in [0.5, 0.6) is 5.75 Å². The Morgan fingerprint density at radius 1 is 1.12 bits per heavy atom. The van der Waals surface area contributed by atoms with E-state index in [9.17, 15) is 4.21 Å². The first kappa shape index (κ1) is 16.6. The quantitative estimate of drug-likeness (QED) is 0.488. The molecule has 0 aromatic heterocycles. The third-order valence-corrected chi connectivity index (χ3v) is 4.45. The van der Waals surface area contributed by atoms with Crippen LogP contribution in [0.2, 0.25) is 0 Å². The lowest BCUT2D eigenvalue weighted by Crippen LogP contribution is -2.01. The highest BCUT2D eigenvalue weighted by atomic mass is 32.2. The van der Waals surface area contributed by atoms with Crippen molar-refractivity contribution in [1.82, 2.24) is 0 Å². The number of hydrogen-bond donors (Lipinski definition) is 2. The number of nitrogens with zero attached hydrogens (tertiary/aromatic N) is 2. The number of anilines is 1. The van der Waals surface area contributed by atoms with Gasteiger partial charge in [-0.05, 0) is 67.5 Å². The highest BCUT2D eigenvalue weighted by Gasteiger charge is 2.10. The number of aryl methyl sites for hydroxylation is 3. The Balaban J connectivity index is 1.88. The van der Waals surface area contributed by atoms with Crippen LogP contribution < -0.4 is 9.92 Å². The van der Waals surface area contributed by atoms with E-state index in [4.69, 9.17) is 14.5 Å². The Labute approximate surface area is 143 Å². The van der Waals surface area contributed by atoms with E-state index in [2.05, 4.69) is 22.4 Å². The summed E-state index contributed by atoms with van der Waals surface area (Å²) in [7, 11) is 0. The molecule has 1 aliphatic carbocycles. The van der Waals surface area contributed by atoms with Crippen molar-refractivity contribution in [1.29, 1.82) is 0 Å². The van der Waals surface area contributed by atoms with Crippen molar-refractivity contribution in [2.24, 2.45) is 10.2 Å². The van der Waals surface area contributed by atoms with Gasteiger partial charge in [-0.25, -0.2) is 0 Å². The maximum absolute atomic E-state index is 10.8. The number of nitrogens with two attached hydrogens (primary N) is 1. The maximum atomic E-state index is 10.8. The number of hydrogen-bond acceptors (Lipinski definition) is 5. The second kappa shape index (κ2) is 7.11. The molecule has 7 heteroatoms. The summed E-state index contributed by atoms with van der Waals surface area (Å²) in [6.07, 6.45) is 4.64. The summed E-state index contributed by atoms with van der Waals surface area (Å²) in [6, 6.07) is 9.19. The summed E-state index contributed by atoms with van der Waals surface area (Å²) in [5.41, 5.74) is 11.1. The first-order valence-corrected chi connectivity index (χ1v) is 8.79. The monoisotopic (exact) mass is 345 g/mol. The van der Waals surface area contributed by atoms with Crippen LogP contribution in [0, 0.1) is 6.92 Å². The molecular weight excluding hydrogens is 326 g/mol. The molecule has 6 nitrogen and oxygen atoms in total. The lowest BCUT2D eigenvalue weighted by molar-refractivity contribution is 0.458. The number of rotatable bonds is 4. The Kier molecular flexibility index (Phi) is 4.92. The Morgan fingerprint density at radius 3 is 2.62 bits per heavy atom. The molecule has 2 aromatic rings. The zero-order valence-corrected chi connectivity index (χ0v) is 14.2. The molecule has 1 unspecified atom stereocenters. The summed E-state index contributed by atoms with van der Waals surface area (Å²) in [5.74, 6) is 0.224. The molecule has 1 atom stereocenters. The normalized spacial score (nSPS) is 15.2. The van der Waals surface area contributed by atoms with Gasteiger partial charge in [-0.1, -0.05) is 6.07 Å². The minimum atomic E-state index is -2.39. The number of azo groups is 1. The molecule has 3 rings (SSSR count). The topological polar surface area (TPSA) is 97.3 Å². The van der Waals surface area contributed by atoms with Gasteiger partial charge >= 0.3 is 11.4 Å². The minimum Gasteiger partial charge on any atom is -0.397 e. The summed E-state index contributed by atoms with van der Waals surface area (Å²) in [6.45, 7) is 1.78. The fourth-order valence-corrected chi connectivity index (χ4v) is 3.11. The molecule has 0 heterocycles. The van der Waals surface area contributed by atoms with Gasteiger partial charge < -0.3 is 9.92 Å². The molecule has 0 saturated carbocycles. The Morgan fingerprint density at radius 2 is 1.88 bits per heavy atom. The predicted octanol–water partition coefficient (Wildman–Crippen LogP) is 4.39. The number of nitrogen functional groups attached to an aromatic ring is 1. The van der Waals surface area contributed by atoms with E-state index in [1.54, 1.807) is 13.0 Å². The van der Waals surface area contributed by atoms with Crippen molar-refractivity contribution < 1.29 is 12.9 Å². The van der Waals surface area contributed by atoms with Gasteiger partial charge in [0.1, 0.15) is 11.4 Å². The van der Waals surface area contributed by atoms with Gasteiger partial charge in [0.15, 0.2) is 0 Å². The third-order valence-electron chi connectivity index (χ3n) is 4.11. The van der Waals surface area contributed by atoms with Crippen molar-refractivity contribution >= 4 is 28.4 Å². The average Bonchev–Trinajstić information content (AvgIpc) is 2.56. The summed E-state index contributed by atoms with van der Waals surface area (Å²) in [4.78, 5) is 0. The van der Waals surface area contributed by atoms with E-state index in [1.807, 2.05) is 6.07 Å². The molecule has 0 radical (unpaired) electrons. The third kappa shape index (κ3) is 3.80. The number of benzene rings is 2. The molecule has 0 saturated heterocycles. The van der Waals surface area contributed by atoms with E-state index < -0.39 is 11.4 Å². The average molecular weight is 345 g/mol. The summed E-state index contributed by atoms with van der Waals surface area (Å²) < 4.78 is 24.4. The fourth-order valence-electron chi connectivity index (χ4n) is 2.85. The smallest absolute Gasteiger partial charge is 0.357 e. The van der Waals surface area contributed by atoms with E-state index >= 15 is 0 Å². The van der Waals surface area contributed by atoms with E-state index in [-0.39, 0.29) is 5.75 Å². The lowest BCUT2D eigenvalue weighted by atomic mass is 9.91. The van der Waals surface area contributed by atoms with Crippen molar-refractivity contribution in [3.8, 4) is 5.75 Å². The van der Waals surface area contributed by atoms with Crippen LogP contribution in [-0.2, 0) is 24.2 Å². The molecule has 24 heavy (non-hydrogen) atoms. The van der Waals surface area contributed by atoms with Gasteiger partial charge in [0, 0.05) is 6.07 Å². The molecule has 0 amide bonds. The van der Waals surface area contributed by atoms with Gasteiger partial charge in [-0.3, -0.25) is 4.55 Å². The first-order valence-electron chi connectivity index (χ1n) is 7.76. The maximum Gasteiger partial charge on any atom is 0.357 e. The zero-order valence-electron chi connectivity index (χ0n) is 13.4. The first-order chi connectivity index (χ1) is 11.5. The SMILES string of the molecule is Cc1cc(OS(=O)O)cc(N=Nc2ccc3c(c2)CCCC3)c1N. The number of fused-ring (bicyclic) bond motifs is 1. The van der Waals surface area contributed by atoms with Crippen molar-refractivity contribution in [3.05, 3.63) is 47.0 Å².